The summed E-state index contributed by atoms with van der Waals surface area (Å²) in [6, 6.07) is 39.8. The van der Waals surface area contributed by atoms with E-state index in [1.165, 1.54) is 32.6 Å². The van der Waals surface area contributed by atoms with Crippen LogP contribution in [0.5, 0.6) is 0 Å². The number of hydrogen-bond donors (Lipinski definition) is 1. The van der Waals surface area contributed by atoms with E-state index in [-0.39, 0.29) is 30.7 Å². The van der Waals surface area contributed by atoms with Gasteiger partial charge in [0, 0.05) is 0 Å². The molecule has 6 heteroatoms. The molecule has 0 fully saturated rings. The number of fused-ring (bicyclic) bond motifs is 3. The maximum Gasteiger partial charge on any atom is -1.00 e. The minimum absolute atomic E-state index is 0. The molecule has 1 aliphatic rings. The van der Waals surface area contributed by atoms with Crippen molar-refractivity contribution >= 4 is 22.3 Å². The Morgan fingerprint density at radius 3 is 1.60 bits per heavy atom. The summed E-state index contributed by atoms with van der Waals surface area (Å²) in [5.41, 5.74) is 5.53. The van der Waals surface area contributed by atoms with Crippen LogP contribution in [0.25, 0.3) is 11.1 Å². The van der Waals surface area contributed by atoms with Gasteiger partial charge in [-0.1, -0.05) is 0 Å². The van der Waals surface area contributed by atoms with E-state index in [4.69, 9.17) is 0 Å². The van der Waals surface area contributed by atoms with Crippen molar-refractivity contribution in [3.05, 3.63) is 120 Å². The van der Waals surface area contributed by atoms with Gasteiger partial charge in [-0.15, -0.1) is 0 Å². The van der Waals surface area contributed by atoms with E-state index in [1.54, 1.807) is 0 Å². The standard InChI is InChI=1S/C13H9.C12H11Si.C4H9NO.2ClH.Hf/c1-3-7-12-10(5-1)9-11-6-2-4-8-13(11)12;1-3-7-11(8-4-1)13-12-9-5-2-6-10-12;1-2-3-4(5)6;;;/h1-9H;1-10,13H;2-3H2,1H3,(H2,5,6);2*1H;/q;;;;;+3/p-3. The number of benzene rings is 4. The van der Waals surface area contributed by atoms with E-state index in [0.29, 0.717) is 10.1 Å². The molecule has 4 aromatic carbocycles. The van der Waals surface area contributed by atoms with Crippen LogP contribution in [0.15, 0.2) is 109 Å². The topological polar surface area (TPSA) is 29.1 Å². The number of nitrogens with one attached hydrogen (secondary N) is 1. The molecule has 0 unspecified atom stereocenters. The van der Waals surface area contributed by atoms with Crippen LogP contribution in [-0.4, -0.2) is 11.9 Å². The Labute approximate surface area is 229 Å². The first-order valence-electron chi connectivity index (χ1n) is 11.7. The Morgan fingerprint density at radius 2 is 1.14 bits per heavy atom. The fourth-order valence-corrected chi connectivity index (χ4v) is 35.5. The summed E-state index contributed by atoms with van der Waals surface area (Å²) in [6.45, 7) is 2.09. The van der Waals surface area contributed by atoms with E-state index in [9.17, 15) is 4.79 Å². The van der Waals surface area contributed by atoms with Crippen LogP contribution in [-0.2, 0) is 25.7 Å². The average Bonchev–Trinajstić information content (AvgIpc) is 3.19. The van der Waals surface area contributed by atoms with Crippen molar-refractivity contribution < 1.29 is 50.5 Å². The predicted molar refractivity (Wildman–Crippen MR) is 136 cm³/mol. The number of hydrogen-bond acceptors (Lipinski definition) is 1. The van der Waals surface area contributed by atoms with Gasteiger partial charge in [-0.05, 0) is 0 Å². The summed E-state index contributed by atoms with van der Waals surface area (Å²) in [5, 5.41) is 2.90. The van der Waals surface area contributed by atoms with Crippen molar-refractivity contribution in [1.82, 2.24) is 3.30 Å². The second-order valence-corrected chi connectivity index (χ2v) is 28.4. The van der Waals surface area contributed by atoms with Gasteiger partial charge in [0.05, 0.1) is 0 Å². The molecule has 4 aromatic rings. The van der Waals surface area contributed by atoms with E-state index in [1.807, 2.05) is 0 Å². The second-order valence-electron chi connectivity index (χ2n) is 8.62. The summed E-state index contributed by atoms with van der Waals surface area (Å²) in [4.78, 5) is 13.2. The van der Waals surface area contributed by atoms with E-state index >= 15 is 0 Å². The maximum absolute atomic E-state index is 13.2. The summed E-state index contributed by atoms with van der Waals surface area (Å²) < 4.78 is 4.12. The molecular weight excluding hydrogens is 656 g/mol. The van der Waals surface area contributed by atoms with Crippen molar-refractivity contribution in [2.45, 2.75) is 23.4 Å². The molecule has 1 N–H and O–H groups in total. The van der Waals surface area contributed by atoms with E-state index < -0.39 is 26.9 Å². The average molecular weight is 684 g/mol. The van der Waals surface area contributed by atoms with Gasteiger partial charge < -0.3 is 24.8 Å². The molecule has 1 aliphatic carbocycles. The number of carbonyl (C=O) groups excluding carboxylic acids is 1. The smallest absolute Gasteiger partial charge is 1.00 e. The third-order valence-corrected chi connectivity index (χ3v) is 33.5. The van der Waals surface area contributed by atoms with Crippen LogP contribution in [0, 0.1) is 0 Å². The van der Waals surface area contributed by atoms with Crippen molar-refractivity contribution in [3.63, 3.8) is 0 Å². The largest absolute Gasteiger partial charge is 1.00 e. The van der Waals surface area contributed by atoms with Crippen LogP contribution in [0.4, 0.5) is 0 Å². The number of halogens is 2. The fourth-order valence-electron chi connectivity index (χ4n) is 5.09. The fraction of sp³-hybridized carbons (Fsp3) is 0.138. The second kappa shape index (κ2) is 12.8. The Hall–Kier alpha value is -1.98. The van der Waals surface area contributed by atoms with E-state index in [0.717, 1.165) is 6.42 Å². The van der Waals surface area contributed by atoms with Gasteiger partial charge in [0.15, 0.2) is 0 Å². The van der Waals surface area contributed by atoms with E-state index in [2.05, 4.69) is 119 Å². The molecule has 0 spiro atoms. The Morgan fingerprint density at radius 1 is 0.714 bits per heavy atom. The minimum Gasteiger partial charge on any atom is -1.00 e. The van der Waals surface area contributed by atoms with Crippen molar-refractivity contribution in [2.75, 3.05) is 0 Å². The summed E-state index contributed by atoms with van der Waals surface area (Å²) in [5.74, 6) is -1.39. The normalized spacial score (nSPS) is 11.6. The van der Waals surface area contributed by atoms with Gasteiger partial charge in [-0.25, -0.2) is 0 Å². The number of amides is 1. The first-order chi connectivity index (χ1) is 16.3. The molecule has 0 heterocycles. The zero-order valence-corrected chi connectivity index (χ0v) is 25.9. The van der Waals surface area contributed by atoms with Gasteiger partial charge in [0.25, 0.3) is 0 Å². The minimum atomic E-state index is -2.89. The summed E-state index contributed by atoms with van der Waals surface area (Å²) in [7, 11) is 0. The molecule has 35 heavy (non-hydrogen) atoms. The summed E-state index contributed by atoms with van der Waals surface area (Å²) in [6.07, 6.45) is 1.49. The van der Waals surface area contributed by atoms with Crippen molar-refractivity contribution in [1.29, 1.82) is 0 Å². The van der Waals surface area contributed by atoms with Crippen LogP contribution < -0.4 is 38.5 Å². The molecule has 0 saturated carbocycles. The molecule has 0 radical (unpaired) electrons. The predicted octanol–water partition coefficient (Wildman–Crippen LogP) is -1.25. The monoisotopic (exact) mass is 684 g/mol. The van der Waals surface area contributed by atoms with Gasteiger partial charge in [-0.2, -0.15) is 0 Å². The maximum atomic E-state index is 13.2. The zero-order chi connectivity index (χ0) is 22.6. The van der Waals surface area contributed by atoms with Crippen LogP contribution >= 0.6 is 0 Å². The zero-order valence-electron chi connectivity index (χ0n) is 19.6. The third-order valence-electron chi connectivity index (χ3n) is 6.48. The van der Waals surface area contributed by atoms with Gasteiger partial charge >= 0.3 is 206 Å². The SMILES string of the molecule is CCCC(=O)[NH][Hf+2]([CH]1c2ccccc2-c2ccccc21)[SiH](c1ccccc1)c1ccccc1.[Cl-].[Cl-]. The Kier molecular flexibility index (Phi) is 10.1. The molecule has 177 valence electrons. The number of rotatable bonds is 7. The van der Waals surface area contributed by atoms with Crippen molar-refractivity contribution in [2.24, 2.45) is 0 Å². The van der Waals surface area contributed by atoms with Gasteiger partial charge in [0.1, 0.15) is 0 Å². The molecule has 1 amide bonds. The summed E-state index contributed by atoms with van der Waals surface area (Å²) >= 11 is -2.89. The molecule has 5 rings (SSSR count). The van der Waals surface area contributed by atoms with Crippen LogP contribution in [0.3, 0.4) is 0 Å². The molecular formula is C29H28Cl2HfNOSi. The molecule has 0 aliphatic heterocycles. The number of carbonyl (C=O) groups is 1. The third kappa shape index (κ3) is 5.72. The van der Waals surface area contributed by atoms with Gasteiger partial charge in [0.2, 0.25) is 0 Å². The van der Waals surface area contributed by atoms with Gasteiger partial charge in [-0.3, -0.25) is 0 Å². The molecule has 0 saturated heterocycles. The van der Waals surface area contributed by atoms with Crippen LogP contribution in [0.2, 0.25) is 0 Å². The van der Waals surface area contributed by atoms with Crippen LogP contribution in [0.1, 0.15) is 34.6 Å². The Bertz CT molecular complexity index is 1170. The molecule has 0 bridgehead atoms. The molecule has 0 atom stereocenters. The quantitative estimate of drug-likeness (QED) is 0.243. The first kappa shape index (κ1) is 27.6. The molecule has 2 nitrogen and oxygen atoms in total. The Balaban J connectivity index is 0.00000171. The first-order valence-corrected chi connectivity index (χ1v) is 23.5. The molecule has 0 aromatic heterocycles. The van der Waals surface area contributed by atoms with Crippen molar-refractivity contribution in [3.8, 4) is 11.1 Å².